The molecule has 3 aromatic carbocycles. The average molecular weight is 438 g/mol. The minimum atomic E-state index is -3.71. The van der Waals surface area contributed by atoms with E-state index in [1.165, 1.54) is 0 Å². The summed E-state index contributed by atoms with van der Waals surface area (Å²) in [5, 5.41) is 0. The number of benzene rings is 3. The Kier molecular flexibility index (Phi) is 6.93. The summed E-state index contributed by atoms with van der Waals surface area (Å²) in [5.41, 5.74) is 1.71. The summed E-state index contributed by atoms with van der Waals surface area (Å²) < 4.78 is 33.5. The summed E-state index contributed by atoms with van der Waals surface area (Å²) in [4.78, 5) is 13.3. The zero-order chi connectivity index (χ0) is 22.5. The molecule has 0 saturated heterocycles. The molecule has 1 N–H and O–H groups in total. The molecule has 0 aliphatic rings. The fraction of sp³-hybridized carbons (Fsp3) is 0.240. The molecule has 5 nitrogen and oxygen atoms in total. The molecule has 0 radical (unpaired) electrons. The van der Waals surface area contributed by atoms with E-state index in [4.69, 9.17) is 4.74 Å². The molecular formula is C25H27NO4S. The third kappa shape index (κ3) is 5.60. The fourth-order valence-corrected chi connectivity index (χ4v) is 4.57. The maximum absolute atomic E-state index is 13.0. The molecular weight excluding hydrogens is 410 g/mol. The molecule has 1 atom stereocenters. The lowest BCUT2D eigenvalue weighted by molar-refractivity contribution is 0.0954. The van der Waals surface area contributed by atoms with Crippen molar-refractivity contribution in [1.29, 1.82) is 0 Å². The second-order valence-corrected chi connectivity index (χ2v) is 9.66. The molecule has 0 aliphatic carbocycles. The van der Waals surface area contributed by atoms with Gasteiger partial charge in [0.05, 0.1) is 12.0 Å². The van der Waals surface area contributed by atoms with E-state index in [-0.39, 0.29) is 23.6 Å². The van der Waals surface area contributed by atoms with E-state index in [0.717, 1.165) is 11.1 Å². The molecule has 0 amide bonds. The predicted molar refractivity (Wildman–Crippen MR) is 122 cm³/mol. The topological polar surface area (TPSA) is 72.5 Å². The number of sulfonamides is 1. The molecule has 0 fully saturated rings. The molecule has 1 unspecified atom stereocenters. The normalized spacial score (nSPS) is 13.4. The quantitative estimate of drug-likeness (QED) is 0.500. The van der Waals surface area contributed by atoms with Crippen LogP contribution in [0.3, 0.4) is 0 Å². The molecule has 3 aromatic rings. The highest BCUT2D eigenvalue weighted by atomic mass is 32.2. The minimum absolute atomic E-state index is 0.0662. The number of hydrogen-bond acceptors (Lipinski definition) is 4. The smallest absolute Gasteiger partial charge is 0.240 e. The van der Waals surface area contributed by atoms with E-state index in [9.17, 15) is 13.2 Å². The SMILES string of the molecule is COc1ccc(C(=O)CC(C)(CNS(=O)(=O)c2ccc(C)cc2)c2ccccc2)cc1. The largest absolute Gasteiger partial charge is 0.497 e. The van der Waals surface area contributed by atoms with Crippen LogP contribution in [-0.4, -0.2) is 27.9 Å². The van der Waals surface area contributed by atoms with Crippen LogP contribution in [0, 0.1) is 6.92 Å². The summed E-state index contributed by atoms with van der Waals surface area (Å²) in [5.74, 6) is 0.608. The van der Waals surface area contributed by atoms with Crippen molar-refractivity contribution in [3.8, 4) is 5.75 Å². The van der Waals surface area contributed by atoms with Crippen molar-refractivity contribution in [2.24, 2.45) is 0 Å². The monoisotopic (exact) mass is 437 g/mol. The number of Topliss-reactive ketones (excluding diaryl/α,β-unsaturated/α-hetero) is 1. The summed E-state index contributed by atoms with van der Waals surface area (Å²) >= 11 is 0. The third-order valence-corrected chi connectivity index (χ3v) is 6.83. The van der Waals surface area contributed by atoms with E-state index in [1.54, 1.807) is 55.6 Å². The highest BCUT2D eigenvalue weighted by Crippen LogP contribution is 2.30. The molecule has 0 aromatic heterocycles. The summed E-state index contributed by atoms with van der Waals surface area (Å²) in [7, 11) is -2.13. The Hall–Kier alpha value is -2.96. The molecule has 6 heteroatoms. The van der Waals surface area contributed by atoms with Crippen LogP contribution in [0.15, 0.2) is 83.8 Å². The maximum Gasteiger partial charge on any atom is 0.240 e. The van der Waals surface area contributed by atoms with Crippen molar-refractivity contribution in [3.63, 3.8) is 0 Å². The van der Waals surface area contributed by atoms with Gasteiger partial charge in [-0.3, -0.25) is 4.79 Å². The van der Waals surface area contributed by atoms with Crippen molar-refractivity contribution in [3.05, 3.63) is 95.6 Å². The van der Waals surface area contributed by atoms with Gasteiger partial charge in [-0.1, -0.05) is 55.0 Å². The number of ether oxygens (including phenoxy) is 1. The van der Waals surface area contributed by atoms with Crippen LogP contribution in [0.4, 0.5) is 0 Å². The highest BCUT2D eigenvalue weighted by Gasteiger charge is 2.32. The number of carbonyl (C=O) groups is 1. The van der Waals surface area contributed by atoms with E-state index in [1.807, 2.05) is 44.2 Å². The van der Waals surface area contributed by atoms with Crippen LogP contribution in [0.2, 0.25) is 0 Å². The van der Waals surface area contributed by atoms with E-state index in [0.29, 0.717) is 11.3 Å². The highest BCUT2D eigenvalue weighted by molar-refractivity contribution is 7.89. The van der Waals surface area contributed by atoms with Gasteiger partial charge in [0.25, 0.3) is 0 Å². The molecule has 162 valence electrons. The van der Waals surface area contributed by atoms with Crippen molar-refractivity contribution >= 4 is 15.8 Å². The van der Waals surface area contributed by atoms with Crippen molar-refractivity contribution in [2.45, 2.75) is 30.6 Å². The van der Waals surface area contributed by atoms with E-state index in [2.05, 4.69) is 4.72 Å². The van der Waals surface area contributed by atoms with Gasteiger partial charge in [0.1, 0.15) is 5.75 Å². The third-order valence-electron chi connectivity index (χ3n) is 5.42. The Morgan fingerprint density at radius 3 is 2.13 bits per heavy atom. The Labute approximate surface area is 184 Å². The van der Waals surface area contributed by atoms with Gasteiger partial charge in [0, 0.05) is 23.9 Å². The van der Waals surface area contributed by atoms with Gasteiger partial charge in [-0.25, -0.2) is 13.1 Å². The Morgan fingerprint density at radius 2 is 1.55 bits per heavy atom. The van der Waals surface area contributed by atoms with Gasteiger partial charge in [-0.2, -0.15) is 0 Å². The zero-order valence-corrected chi connectivity index (χ0v) is 18.8. The van der Waals surface area contributed by atoms with Crippen molar-refractivity contribution in [1.82, 2.24) is 4.72 Å². The molecule has 0 bridgehead atoms. The van der Waals surface area contributed by atoms with Gasteiger partial charge in [-0.15, -0.1) is 0 Å². The van der Waals surface area contributed by atoms with Crippen LogP contribution in [0.5, 0.6) is 5.75 Å². The van der Waals surface area contributed by atoms with Crippen molar-refractivity contribution < 1.29 is 17.9 Å². The molecule has 3 rings (SSSR count). The number of methoxy groups -OCH3 is 1. The van der Waals surface area contributed by atoms with Gasteiger partial charge < -0.3 is 4.74 Å². The van der Waals surface area contributed by atoms with Crippen LogP contribution in [0.25, 0.3) is 0 Å². The number of rotatable bonds is 9. The lowest BCUT2D eigenvalue weighted by Crippen LogP contribution is -2.40. The number of nitrogens with one attached hydrogen (secondary N) is 1. The zero-order valence-electron chi connectivity index (χ0n) is 18.0. The fourth-order valence-electron chi connectivity index (χ4n) is 3.40. The molecule has 31 heavy (non-hydrogen) atoms. The standard InChI is InChI=1S/C25H27NO4S/c1-19-9-15-23(16-10-19)31(28,29)26-18-25(2,21-7-5-4-6-8-21)17-24(27)20-11-13-22(30-3)14-12-20/h4-16,26H,17-18H2,1-3H3. The van der Waals surface area contributed by atoms with Gasteiger partial charge in [0.15, 0.2) is 5.78 Å². The first-order valence-corrected chi connectivity index (χ1v) is 11.5. The van der Waals surface area contributed by atoms with Gasteiger partial charge >= 0.3 is 0 Å². The molecule has 0 spiro atoms. The lowest BCUT2D eigenvalue weighted by atomic mass is 9.77. The molecule has 0 aliphatic heterocycles. The van der Waals surface area contributed by atoms with Gasteiger partial charge in [0.2, 0.25) is 10.0 Å². The maximum atomic E-state index is 13.0. The number of carbonyl (C=O) groups excluding carboxylic acids is 1. The Bertz CT molecular complexity index is 1120. The van der Waals surface area contributed by atoms with Gasteiger partial charge in [-0.05, 0) is 48.9 Å². The summed E-state index contributed by atoms with van der Waals surface area (Å²) in [6.45, 7) is 3.90. The first kappa shape index (κ1) is 22.7. The van der Waals surface area contributed by atoms with Crippen LogP contribution >= 0.6 is 0 Å². The molecule has 0 saturated carbocycles. The van der Waals surface area contributed by atoms with Crippen molar-refractivity contribution in [2.75, 3.05) is 13.7 Å². The number of aryl methyl sites for hydroxylation is 1. The Balaban J connectivity index is 1.85. The molecule has 0 heterocycles. The van der Waals surface area contributed by atoms with Crippen LogP contribution in [-0.2, 0) is 15.4 Å². The lowest BCUT2D eigenvalue weighted by Gasteiger charge is -2.30. The average Bonchev–Trinajstić information content (AvgIpc) is 2.79. The summed E-state index contributed by atoms with van der Waals surface area (Å²) in [6.07, 6.45) is 0.153. The first-order chi connectivity index (χ1) is 14.7. The van der Waals surface area contributed by atoms with E-state index < -0.39 is 15.4 Å². The predicted octanol–water partition coefficient (Wildman–Crippen LogP) is 4.51. The minimum Gasteiger partial charge on any atom is -0.497 e. The first-order valence-electron chi connectivity index (χ1n) is 10.0. The van der Waals surface area contributed by atoms with E-state index >= 15 is 0 Å². The Morgan fingerprint density at radius 1 is 0.935 bits per heavy atom. The van der Waals surface area contributed by atoms with Crippen LogP contribution in [0.1, 0.15) is 34.8 Å². The number of hydrogen-bond donors (Lipinski definition) is 1. The van der Waals surface area contributed by atoms with Crippen LogP contribution < -0.4 is 9.46 Å². The second-order valence-electron chi connectivity index (χ2n) is 7.89. The second kappa shape index (κ2) is 9.45. The number of ketones is 1. The summed E-state index contributed by atoms with van der Waals surface area (Å²) in [6, 6.07) is 23.1.